The Balaban J connectivity index is 2.37. The zero-order valence-corrected chi connectivity index (χ0v) is 12.3. The summed E-state index contributed by atoms with van der Waals surface area (Å²) in [5.41, 5.74) is 2.40. The maximum Gasteiger partial charge on any atom is 0.0706 e. The normalized spacial score (nSPS) is 11.5. The number of aryl methyl sites for hydroxylation is 1. The Morgan fingerprint density at radius 3 is 2.62 bits per heavy atom. The maximum absolute atomic E-state index is 4.60. The highest BCUT2D eigenvalue weighted by molar-refractivity contribution is 9.09. The van der Waals surface area contributed by atoms with E-state index in [1.165, 1.54) is 16.6 Å². The molecule has 2 aromatic rings. The highest BCUT2D eigenvalue weighted by Gasteiger charge is 2.13. The second kappa shape index (κ2) is 5.32. The van der Waals surface area contributed by atoms with Gasteiger partial charge in [-0.1, -0.05) is 50.1 Å². The Morgan fingerprint density at radius 2 is 1.94 bits per heavy atom. The van der Waals surface area contributed by atoms with E-state index in [1.54, 1.807) is 0 Å². The van der Waals surface area contributed by atoms with E-state index in [4.69, 9.17) is 0 Å². The van der Waals surface area contributed by atoms with Gasteiger partial charge in [0, 0.05) is 23.1 Å². The average Bonchev–Trinajstić information content (AvgIpc) is 2.64. The minimum Gasteiger partial charge on any atom is -0.268 e. The molecule has 4 heteroatoms. The van der Waals surface area contributed by atoms with Crippen molar-refractivity contribution in [2.45, 2.75) is 6.42 Å². The van der Waals surface area contributed by atoms with Crippen molar-refractivity contribution in [3.63, 3.8) is 0 Å². The topological polar surface area (TPSA) is 17.8 Å². The number of nitrogens with zero attached hydrogens (tertiary/aromatic N) is 2. The number of hydrogen-bond donors (Lipinski definition) is 0. The van der Waals surface area contributed by atoms with Gasteiger partial charge in [-0.3, -0.25) is 4.68 Å². The van der Waals surface area contributed by atoms with Gasteiger partial charge in [-0.05, 0) is 18.4 Å². The van der Waals surface area contributed by atoms with Gasteiger partial charge in [0.25, 0.3) is 0 Å². The molecule has 1 aromatic heterocycles. The van der Waals surface area contributed by atoms with E-state index in [0.717, 1.165) is 17.1 Å². The van der Waals surface area contributed by atoms with Crippen molar-refractivity contribution in [2.75, 3.05) is 10.7 Å². The number of alkyl halides is 2. The first kappa shape index (κ1) is 12.1. The number of benzene rings is 1. The van der Waals surface area contributed by atoms with Crippen LogP contribution in [0.1, 0.15) is 5.69 Å². The Hall–Kier alpha value is -0.350. The molecule has 0 fully saturated rings. The number of rotatable bonds is 4. The summed E-state index contributed by atoms with van der Waals surface area (Å²) >= 11 is 7.08. The third-order valence-corrected chi connectivity index (χ3v) is 4.58. The summed E-state index contributed by atoms with van der Waals surface area (Å²) < 4.78 is 1.96. The first-order valence-corrected chi connectivity index (χ1v) is 7.53. The summed E-state index contributed by atoms with van der Waals surface area (Å²) in [7, 11) is 2.00. The van der Waals surface area contributed by atoms with Crippen LogP contribution in [0.3, 0.4) is 0 Å². The number of aromatic nitrogens is 2. The van der Waals surface area contributed by atoms with Crippen LogP contribution in [0.25, 0.3) is 10.9 Å². The second-order valence-electron chi connectivity index (χ2n) is 3.97. The van der Waals surface area contributed by atoms with Crippen LogP contribution in [0.15, 0.2) is 24.3 Å². The Morgan fingerprint density at radius 1 is 1.25 bits per heavy atom. The summed E-state index contributed by atoms with van der Waals surface area (Å²) in [4.78, 5) is 0. The van der Waals surface area contributed by atoms with Crippen LogP contribution < -0.4 is 0 Å². The van der Waals surface area contributed by atoms with Crippen LogP contribution >= 0.6 is 31.9 Å². The minimum absolute atomic E-state index is 0.596. The Bertz CT molecular complexity index is 475. The van der Waals surface area contributed by atoms with Gasteiger partial charge in [0.05, 0.1) is 11.2 Å². The smallest absolute Gasteiger partial charge is 0.0706 e. The molecule has 2 nitrogen and oxygen atoms in total. The quantitative estimate of drug-likeness (QED) is 0.775. The van der Waals surface area contributed by atoms with Crippen molar-refractivity contribution >= 4 is 42.8 Å². The first-order chi connectivity index (χ1) is 7.76. The number of fused-ring (bicyclic) bond motifs is 1. The third-order valence-electron chi connectivity index (χ3n) is 2.75. The predicted molar refractivity (Wildman–Crippen MR) is 75.5 cm³/mol. The van der Waals surface area contributed by atoms with Gasteiger partial charge in [0.15, 0.2) is 0 Å². The molecule has 1 aromatic carbocycles. The van der Waals surface area contributed by atoms with Crippen molar-refractivity contribution in [2.24, 2.45) is 13.0 Å². The highest BCUT2D eigenvalue weighted by atomic mass is 79.9. The van der Waals surface area contributed by atoms with Gasteiger partial charge in [0.1, 0.15) is 0 Å². The van der Waals surface area contributed by atoms with E-state index < -0.39 is 0 Å². The molecule has 0 aliphatic heterocycles. The molecule has 0 saturated heterocycles. The van der Waals surface area contributed by atoms with Gasteiger partial charge in [-0.15, -0.1) is 0 Å². The van der Waals surface area contributed by atoms with Crippen LogP contribution in [0.4, 0.5) is 0 Å². The van der Waals surface area contributed by atoms with Crippen molar-refractivity contribution in [1.82, 2.24) is 9.78 Å². The molecule has 0 aliphatic carbocycles. The molecule has 0 unspecified atom stereocenters. The summed E-state index contributed by atoms with van der Waals surface area (Å²) in [5.74, 6) is 0.596. The van der Waals surface area contributed by atoms with Gasteiger partial charge < -0.3 is 0 Å². The zero-order chi connectivity index (χ0) is 11.5. The van der Waals surface area contributed by atoms with Gasteiger partial charge in [-0.2, -0.15) is 5.10 Å². The lowest BCUT2D eigenvalue weighted by molar-refractivity contribution is 0.650. The van der Waals surface area contributed by atoms with E-state index in [1.807, 2.05) is 11.7 Å². The van der Waals surface area contributed by atoms with Crippen molar-refractivity contribution < 1.29 is 0 Å². The number of para-hydroxylation sites is 1. The van der Waals surface area contributed by atoms with Crippen molar-refractivity contribution in [1.29, 1.82) is 0 Å². The number of halogens is 2. The molecule has 0 bridgehead atoms. The lowest BCUT2D eigenvalue weighted by Crippen LogP contribution is -2.08. The van der Waals surface area contributed by atoms with Gasteiger partial charge >= 0.3 is 0 Å². The molecule has 0 aliphatic rings. The van der Waals surface area contributed by atoms with Crippen molar-refractivity contribution in [3.05, 3.63) is 30.0 Å². The van der Waals surface area contributed by atoms with Crippen LogP contribution in [-0.2, 0) is 13.5 Å². The fraction of sp³-hybridized carbons (Fsp3) is 0.417. The molecule has 16 heavy (non-hydrogen) atoms. The Kier molecular flexibility index (Phi) is 4.03. The molecule has 0 radical (unpaired) electrons. The molecule has 0 saturated carbocycles. The minimum atomic E-state index is 0.596. The summed E-state index contributed by atoms with van der Waals surface area (Å²) in [5, 5.41) is 7.88. The SMILES string of the molecule is Cn1nc(CC(CBr)CBr)c2ccccc21. The zero-order valence-electron chi connectivity index (χ0n) is 9.16. The van der Waals surface area contributed by atoms with Gasteiger partial charge in [-0.25, -0.2) is 0 Å². The highest BCUT2D eigenvalue weighted by Crippen LogP contribution is 2.21. The van der Waals surface area contributed by atoms with E-state index in [0.29, 0.717) is 5.92 Å². The fourth-order valence-electron chi connectivity index (χ4n) is 1.86. The second-order valence-corrected chi connectivity index (χ2v) is 5.26. The summed E-state index contributed by atoms with van der Waals surface area (Å²) in [6, 6.07) is 8.39. The average molecular weight is 346 g/mol. The summed E-state index contributed by atoms with van der Waals surface area (Å²) in [6.45, 7) is 0. The lowest BCUT2D eigenvalue weighted by Gasteiger charge is -2.07. The first-order valence-electron chi connectivity index (χ1n) is 5.28. The van der Waals surface area contributed by atoms with Crippen LogP contribution in [-0.4, -0.2) is 20.4 Å². The van der Waals surface area contributed by atoms with Crippen molar-refractivity contribution in [3.8, 4) is 0 Å². The van der Waals surface area contributed by atoms with E-state index >= 15 is 0 Å². The molecule has 0 atom stereocenters. The van der Waals surface area contributed by atoms with Gasteiger partial charge in [0.2, 0.25) is 0 Å². The molecule has 2 rings (SSSR count). The molecule has 1 heterocycles. The maximum atomic E-state index is 4.60. The molecule has 0 amide bonds. The molecule has 0 N–H and O–H groups in total. The van der Waals surface area contributed by atoms with E-state index in [2.05, 4.69) is 61.2 Å². The molecular formula is C12H14Br2N2. The monoisotopic (exact) mass is 344 g/mol. The van der Waals surface area contributed by atoms with Crippen LogP contribution in [0.2, 0.25) is 0 Å². The third kappa shape index (κ3) is 2.33. The standard InChI is InChI=1S/C12H14Br2N2/c1-16-12-5-3-2-4-10(12)11(15-16)6-9(7-13)8-14/h2-5,9H,6-8H2,1H3. The van der Waals surface area contributed by atoms with Crippen LogP contribution in [0.5, 0.6) is 0 Å². The van der Waals surface area contributed by atoms with E-state index in [-0.39, 0.29) is 0 Å². The largest absolute Gasteiger partial charge is 0.268 e. The fourth-order valence-corrected chi connectivity index (χ4v) is 3.39. The van der Waals surface area contributed by atoms with E-state index in [9.17, 15) is 0 Å². The summed E-state index contributed by atoms with van der Waals surface area (Å²) in [6.07, 6.45) is 1.01. The molecule has 0 spiro atoms. The Labute approximate surface area is 112 Å². The lowest BCUT2D eigenvalue weighted by atomic mass is 10.1. The number of hydrogen-bond acceptors (Lipinski definition) is 1. The molecular weight excluding hydrogens is 332 g/mol. The van der Waals surface area contributed by atoms with Crippen LogP contribution in [0, 0.1) is 5.92 Å². The molecule has 86 valence electrons. The predicted octanol–water partition coefficient (Wildman–Crippen LogP) is 3.52.